The van der Waals surface area contributed by atoms with Gasteiger partial charge in [0.15, 0.2) is 0 Å². The third-order valence-electron chi connectivity index (χ3n) is 4.72. The van der Waals surface area contributed by atoms with Crippen molar-refractivity contribution in [2.75, 3.05) is 33.4 Å². The quantitative estimate of drug-likeness (QED) is 0.630. The van der Waals surface area contributed by atoms with E-state index in [1.807, 2.05) is 0 Å². The fraction of sp³-hybridized carbons (Fsp3) is 0.381. The SMILES string of the molecule is COc1cc(F)c(C(=O)N2CCOC(COCc3cccc(C(F)(F)F)c3)C2)c(F)c1. The van der Waals surface area contributed by atoms with E-state index in [9.17, 15) is 26.7 Å². The molecule has 2 aromatic rings. The Bertz CT molecular complexity index is 911. The van der Waals surface area contributed by atoms with Gasteiger partial charge in [-0.1, -0.05) is 12.1 Å². The van der Waals surface area contributed by atoms with Crippen molar-refractivity contribution >= 4 is 5.91 Å². The maximum atomic E-state index is 14.2. The number of amides is 1. The Labute approximate surface area is 175 Å². The van der Waals surface area contributed by atoms with Gasteiger partial charge in [0, 0.05) is 25.2 Å². The second kappa shape index (κ2) is 9.61. The number of nitrogens with zero attached hydrogens (tertiary/aromatic N) is 1. The van der Waals surface area contributed by atoms with Crippen LogP contribution in [0.4, 0.5) is 22.0 Å². The summed E-state index contributed by atoms with van der Waals surface area (Å²) in [4.78, 5) is 13.9. The van der Waals surface area contributed by atoms with E-state index in [4.69, 9.17) is 14.2 Å². The first kappa shape index (κ1) is 23.0. The molecule has 1 amide bonds. The van der Waals surface area contributed by atoms with Crippen molar-refractivity contribution in [3.05, 3.63) is 64.7 Å². The largest absolute Gasteiger partial charge is 0.497 e. The molecule has 2 aromatic carbocycles. The highest BCUT2D eigenvalue weighted by molar-refractivity contribution is 5.95. The predicted octanol–water partition coefficient (Wildman–Crippen LogP) is 4.05. The van der Waals surface area contributed by atoms with Gasteiger partial charge in [-0.2, -0.15) is 13.2 Å². The minimum atomic E-state index is -4.45. The molecule has 0 bridgehead atoms. The Morgan fingerprint density at radius 1 is 1.19 bits per heavy atom. The van der Waals surface area contributed by atoms with Crippen molar-refractivity contribution in [2.24, 2.45) is 0 Å². The molecule has 1 atom stereocenters. The van der Waals surface area contributed by atoms with Crippen LogP contribution < -0.4 is 4.74 Å². The summed E-state index contributed by atoms with van der Waals surface area (Å²) in [6.07, 6.45) is -5.04. The van der Waals surface area contributed by atoms with Crippen LogP contribution in [0.25, 0.3) is 0 Å². The van der Waals surface area contributed by atoms with Gasteiger partial charge in [0.25, 0.3) is 5.91 Å². The van der Waals surface area contributed by atoms with Crippen molar-refractivity contribution in [1.29, 1.82) is 0 Å². The van der Waals surface area contributed by atoms with Crippen LogP contribution in [0.3, 0.4) is 0 Å². The molecule has 0 aromatic heterocycles. The fourth-order valence-electron chi connectivity index (χ4n) is 3.18. The summed E-state index contributed by atoms with van der Waals surface area (Å²) in [7, 11) is 1.25. The maximum absolute atomic E-state index is 14.2. The molecule has 3 rings (SSSR count). The van der Waals surface area contributed by atoms with E-state index in [1.165, 1.54) is 24.1 Å². The van der Waals surface area contributed by atoms with Gasteiger partial charge in [-0.05, 0) is 17.7 Å². The molecule has 0 spiro atoms. The Morgan fingerprint density at radius 3 is 2.55 bits per heavy atom. The number of alkyl halides is 3. The lowest BCUT2D eigenvalue weighted by molar-refractivity contribution is -0.137. The van der Waals surface area contributed by atoms with Gasteiger partial charge < -0.3 is 19.1 Å². The topological polar surface area (TPSA) is 48.0 Å². The lowest BCUT2D eigenvalue weighted by atomic mass is 10.1. The second-order valence-electron chi connectivity index (χ2n) is 6.92. The van der Waals surface area contributed by atoms with Gasteiger partial charge in [0.1, 0.15) is 22.9 Å². The number of carbonyl (C=O) groups excluding carboxylic acids is 1. The molecule has 1 aliphatic heterocycles. The molecule has 0 N–H and O–H groups in total. The summed E-state index contributed by atoms with van der Waals surface area (Å²) in [5.74, 6) is -2.95. The monoisotopic (exact) mass is 445 g/mol. The molecule has 1 heterocycles. The van der Waals surface area contributed by atoms with Crippen LogP contribution in [0, 0.1) is 11.6 Å². The number of hydrogen-bond acceptors (Lipinski definition) is 4. The lowest BCUT2D eigenvalue weighted by Gasteiger charge is -2.33. The van der Waals surface area contributed by atoms with E-state index >= 15 is 0 Å². The molecule has 1 saturated heterocycles. The first-order valence-electron chi connectivity index (χ1n) is 9.37. The lowest BCUT2D eigenvalue weighted by Crippen LogP contribution is -2.47. The first-order chi connectivity index (χ1) is 14.7. The number of carbonyl (C=O) groups is 1. The van der Waals surface area contributed by atoms with E-state index in [1.54, 1.807) is 0 Å². The summed E-state index contributed by atoms with van der Waals surface area (Å²) in [6.45, 7) is 0.190. The number of methoxy groups -OCH3 is 1. The van der Waals surface area contributed by atoms with Crippen molar-refractivity contribution in [2.45, 2.75) is 18.9 Å². The summed E-state index contributed by atoms with van der Waals surface area (Å²) in [5, 5.41) is 0. The third-order valence-corrected chi connectivity index (χ3v) is 4.72. The highest BCUT2D eigenvalue weighted by Gasteiger charge is 2.31. The molecule has 0 aliphatic carbocycles. The molecule has 1 unspecified atom stereocenters. The van der Waals surface area contributed by atoms with Gasteiger partial charge in [-0.3, -0.25) is 4.79 Å². The zero-order valence-corrected chi connectivity index (χ0v) is 16.5. The number of hydrogen-bond donors (Lipinski definition) is 0. The zero-order chi connectivity index (χ0) is 22.6. The molecule has 0 saturated carbocycles. The van der Waals surface area contributed by atoms with Crippen molar-refractivity contribution in [3.8, 4) is 5.75 Å². The number of morpholine rings is 1. The Kier molecular flexibility index (Phi) is 7.11. The van der Waals surface area contributed by atoms with Gasteiger partial charge in [0.05, 0.1) is 38.6 Å². The van der Waals surface area contributed by atoms with Crippen molar-refractivity contribution < 1.29 is 41.0 Å². The highest BCUT2D eigenvalue weighted by Crippen LogP contribution is 2.29. The van der Waals surface area contributed by atoms with Crippen LogP contribution in [0.2, 0.25) is 0 Å². The molecule has 31 heavy (non-hydrogen) atoms. The van der Waals surface area contributed by atoms with E-state index in [2.05, 4.69) is 0 Å². The molecule has 10 heteroatoms. The predicted molar refractivity (Wildman–Crippen MR) is 99.7 cm³/mol. The number of ether oxygens (including phenoxy) is 3. The Morgan fingerprint density at radius 2 is 1.90 bits per heavy atom. The summed E-state index contributed by atoms with van der Waals surface area (Å²) < 4.78 is 82.5. The number of halogens is 5. The van der Waals surface area contributed by atoms with Gasteiger partial charge in [-0.15, -0.1) is 0 Å². The third kappa shape index (κ3) is 5.71. The minimum absolute atomic E-state index is 0.00635. The van der Waals surface area contributed by atoms with Crippen molar-refractivity contribution in [3.63, 3.8) is 0 Å². The van der Waals surface area contributed by atoms with Crippen LogP contribution in [0.15, 0.2) is 36.4 Å². The zero-order valence-electron chi connectivity index (χ0n) is 16.5. The molecular formula is C21H20F5NO4. The molecule has 1 aliphatic rings. The summed E-state index contributed by atoms with van der Waals surface area (Å²) in [6, 6.07) is 6.60. The average Bonchev–Trinajstić information content (AvgIpc) is 2.73. The van der Waals surface area contributed by atoms with E-state index in [0.29, 0.717) is 5.56 Å². The summed E-state index contributed by atoms with van der Waals surface area (Å²) in [5.41, 5.74) is -1.13. The fourth-order valence-corrected chi connectivity index (χ4v) is 3.18. The van der Waals surface area contributed by atoms with Crippen LogP contribution in [-0.4, -0.2) is 50.3 Å². The second-order valence-corrected chi connectivity index (χ2v) is 6.92. The molecule has 168 valence electrons. The van der Waals surface area contributed by atoms with Gasteiger partial charge >= 0.3 is 6.18 Å². The first-order valence-corrected chi connectivity index (χ1v) is 9.37. The van der Waals surface area contributed by atoms with E-state index in [0.717, 1.165) is 24.3 Å². The van der Waals surface area contributed by atoms with Gasteiger partial charge in [-0.25, -0.2) is 8.78 Å². The highest BCUT2D eigenvalue weighted by atomic mass is 19.4. The van der Waals surface area contributed by atoms with Crippen LogP contribution in [0.1, 0.15) is 21.5 Å². The molecule has 5 nitrogen and oxygen atoms in total. The normalized spacial score (nSPS) is 17.0. The van der Waals surface area contributed by atoms with Crippen molar-refractivity contribution in [1.82, 2.24) is 4.90 Å². The Hall–Kier alpha value is -2.72. The van der Waals surface area contributed by atoms with E-state index in [-0.39, 0.29) is 38.7 Å². The molecular weight excluding hydrogens is 425 g/mol. The average molecular weight is 445 g/mol. The smallest absolute Gasteiger partial charge is 0.416 e. The number of rotatable bonds is 6. The molecule has 0 radical (unpaired) electrons. The molecule has 1 fully saturated rings. The standard InChI is InChI=1S/C21H20F5NO4/c1-29-15-8-17(22)19(18(23)9-15)20(28)27-5-6-31-16(10-27)12-30-11-13-3-2-4-14(7-13)21(24,25)26/h2-4,7-9,16H,5-6,10-12H2,1H3. The van der Waals surface area contributed by atoms with Crippen LogP contribution >= 0.6 is 0 Å². The maximum Gasteiger partial charge on any atom is 0.416 e. The van der Waals surface area contributed by atoms with Gasteiger partial charge in [0.2, 0.25) is 0 Å². The Balaban J connectivity index is 1.58. The van der Waals surface area contributed by atoms with Crippen LogP contribution in [0.5, 0.6) is 5.75 Å². The summed E-state index contributed by atoms with van der Waals surface area (Å²) >= 11 is 0. The minimum Gasteiger partial charge on any atom is -0.497 e. The number of benzene rings is 2. The van der Waals surface area contributed by atoms with Crippen LogP contribution in [-0.2, 0) is 22.3 Å². The van der Waals surface area contributed by atoms with E-state index < -0.39 is 40.9 Å².